The summed E-state index contributed by atoms with van der Waals surface area (Å²) >= 11 is 15.2. The van der Waals surface area contributed by atoms with Gasteiger partial charge in [-0.25, -0.2) is 4.39 Å². The molecule has 7 heteroatoms. The maximum Gasteiger partial charge on any atom is 0.252 e. The molecule has 1 heterocycles. The van der Waals surface area contributed by atoms with E-state index in [-0.39, 0.29) is 10.9 Å². The Morgan fingerprint density at radius 2 is 1.85 bits per heavy atom. The van der Waals surface area contributed by atoms with Gasteiger partial charge in [-0.3, -0.25) is 9.78 Å². The molecule has 3 aromatic rings. The average molecular weight is 468 g/mol. The molecule has 0 aliphatic heterocycles. The Morgan fingerprint density at radius 1 is 1.11 bits per heavy atom. The number of pyridine rings is 1. The quantitative estimate of drug-likeness (QED) is 0.502. The third kappa shape index (κ3) is 4.67. The number of amides is 1. The molecule has 0 spiro atoms. The molecule has 3 rings (SSSR count). The smallest absolute Gasteiger partial charge is 0.252 e. The number of aryl methyl sites for hydroxylation is 1. The average Bonchev–Trinajstić information content (AvgIpc) is 2.64. The second-order valence-electron chi connectivity index (χ2n) is 5.94. The molecule has 1 N–H and O–H groups in total. The second-order valence-corrected chi connectivity index (χ2v) is 7.67. The molecule has 1 aromatic heterocycles. The van der Waals surface area contributed by atoms with E-state index in [0.29, 0.717) is 21.8 Å². The van der Waals surface area contributed by atoms with Crippen molar-refractivity contribution in [2.24, 2.45) is 0 Å². The summed E-state index contributed by atoms with van der Waals surface area (Å²) < 4.78 is 14.8. The standard InChI is InChI=1S/C20H14BrCl2FN2O/c1-11-8-13(3-4-15(11)22)20(27)26-19(18-10-14(21)6-7-25-18)12-2-5-16(23)17(24)9-12/h2-10,19H,1H3,(H,26,27)/t19-/m0/s1. The summed E-state index contributed by atoms with van der Waals surface area (Å²) in [6.45, 7) is 1.82. The minimum atomic E-state index is -0.655. The fourth-order valence-corrected chi connectivity index (χ4v) is 3.19. The zero-order valence-electron chi connectivity index (χ0n) is 14.1. The maximum absolute atomic E-state index is 14.0. The number of nitrogens with zero attached hydrogens (tertiary/aromatic N) is 1. The highest BCUT2D eigenvalue weighted by molar-refractivity contribution is 9.10. The van der Waals surface area contributed by atoms with Crippen LogP contribution in [0.25, 0.3) is 0 Å². The normalized spacial score (nSPS) is 11.9. The molecule has 0 saturated carbocycles. The second kappa shape index (κ2) is 8.38. The summed E-state index contributed by atoms with van der Waals surface area (Å²) in [5.41, 5.74) is 2.33. The number of carbonyl (C=O) groups is 1. The van der Waals surface area contributed by atoms with Crippen molar-refractivity contribution in [3.63, 3.8) is 0 Å². The lowest BCUT2D eigenvalue weighted by atomic mass is 10.0. The molecular formula is C20H14BrCl2FN2O. The predicted octanol–water partition coefficient (Wildman–Crippen LogP) is 6.12. The van der Waals surface area contributed by atoms with Crippen LogP contribution in [-0.2, 0) is 0 Å². The van der Waals surface area contributed by atoms with Crippen LogP contribution in [0, 0.1) is 12.7 Å². The Kier molecular flexibility index (Phi) is 6.15. The van der Waals surface area contributed by atoms with Crippen molar-refractivity contribution in [1.82, 2.24) is 10.3 Å². The van der Waals surface area contributed by atoms with E-state index >= 15 is 0 Å². The number of hydrogen-bond donors (Lipinski definition) is 1. The Labute approximate surface area is 174 Å². The first-order valence-electron chi connectivity index (χ1n) is 7.98. The van der Waals surface area contributed by atoms with Gasteiger partial charge in [-0.2, -0.15) is 0 Å². The van der Waals surface area contributed by atoms with Gasteiger partial charge < -0.3 is 5.32 Å². The van der Waals surface area contributed by atoms with Crippen molar-refractivity contribution in [2.75, 3.05) is 0 Å². The van der Waals surface area contributed by atoms with Crippen molar-refractivity contribution >= 4 is 45.0 Å². The summed E-state index contributed by atoms with van der Waals surface area (Å²) in [5.74, 6) is -0.886. The fraction of sp³-hybridized carbons (Fsp3) is 0.100. The highest BCUT2D eigenvalue weighted by atomic mass is 79.9. The molecular weight excluding hydrogens is 454 g/mol. The first kappa shape index (κ1) is 19.8. The van der Waals surface area contributed by atoms with Crippen molar-refractivity contribution in [2.45, 2.75) is 13.0 Å². The number of benzene rings is 2. The Hall–Kier alpha value is -1.95. The summed E-state index contributed by atoms with van der Waals surface area (Å²) in [4.78, 5) is 17.1. The number of aromatic nitrogens is 1. The Balaban J connectivity index is 2.00. The van der Waals surface area contributed by atoms with Crippen LogP contribution < -0.4 is 5.32 Å². The monoisotopic (exact) mass is 466 g/mol. The summed E-state index contributed by atoms with van der Waals surface area (Å²) in [6.07, 6.45) is 1.61. The largest absolute Gasteiger partial charge is 0.340 e. The van der Waals surface area contributed by atoms with E-state index in [0.717, 1.165) is 10.0 Å². The zero-order valence-corrected chi connectivity index (χ0v) is 17.2. The number of nitrogens with one attached hydrogen (secondary N) is 1. The molecule has 0 fully saturated rings. The zero-order chi connectivity index (χ0) is 19.6. The van der Waals surface area contributed by atoms with Crippen LogP contribution in [0.2, 0.25) is 10.0 Å². The van der Waals surface area contributed by atoms with Crippen LogP contribution in [0.4, 0.5) is 4.39 Å². The van der Waals surface area contributed by atoms with Gasteiger partial charge in [-0.1, -0.05) is 45.2 Å². The third-order valence-corrected chi connectivity index (χ3v) is 5.24. The van der Waals surface area contributed by atoms with Crippen LogP contribution in [0.3, 0.4) is 0 Å². The van der Waals surface area contributed by atoms with Crippen LogP contribution in [0.1, 0.15) is 33.2 Å². The van der Waals surface area contributed by atoms with E-state index in [1.165, 1.54) is 12.1 Å². The van der Waals surface area contributed by atoms with Gasteiger partial charge >= 0.3 is 0 Å². The van der Waals surface area contributed by atoms with Crippen molar-refractivity contribution in [1.29, 1.82) is 0 Å². The summed E-state index contributed by atoms with van der Waals surface area (Å²) in [7, 11) is 0. The molecule has 0 bridgehead atoms. The molecule has 2 aromatic carbocycles. The molecule has 3 nitrogen and oxygen atoms in total. The molecule has 0 unspecified atom stereocenters. The van der Waals surface area contributed by atoms with E-state index in [4.69, 9.17) is 23.2 Å². The molecule has 1 atom stereocenters. The lowest BCUT2D eigenvalue weighted by molar-refractivity contribution is 0.0942. The lowest BCUT2D eigenvalue weighted by Crippen LogP contribution is -2.30. The lowest BCUT2D eigenvalue weighted by Gasteiger charge is -2.20. The molecule has 0 aliphatic rings. The minimum Gasteiger partial charge on any atom is -0.340 e. The van der Waals surface area contributed by atoms with Gasteiger partial charge in [0.05, 0.1) is 16.8 Å². The summed E-state index contributed by atoms with van der Waals surface area (Å²) in [6, 6.07) is 12.3. The van der Waals surface area contributed by atoms with Gasteiger partial charge in [0.15, 0.2) is 0 Å². The highest BCUT2D eigenvalue weighted by Crippen LogP contribution is 2.27. The van der Waals surface area contributed by atoms with E-state index in [1.54, 1.807) is 42.6 Å². The van der Waals surface area contributed by atoms with Crippen LogP contribution in [0.15, 0.2) is 59.2 Å². The van der Waals surface area contributed by atoms with Crippen LogP contribution >= 0.6 is 39.1 Å². The van der Waals surface area contributed by atoms with Gasteiger partial charge in [0.2, 0.25) is 0 Å². The van der Waals surface area contributed by atoms with Gasteiger partial charge in [0.25, 0.3) is 5.91 Å². The SMILES string of the molecule is Cc1cc(C(=O)N[C@@H](c2ccc(Cl)c(F)c2)c2cc(Br)ccn2)ccc1Cl. The number of rotatable bonds is 4. The molecule has 1 amide bonds. The predicted molar refractivity (Wildman–Crippen MR) is 109 cm³/mol. The fourth-order valence-electron chi connectivity index (χ4n) is 2.60. The van der Waals surface area contributed by atoms with E-state index in [9.17, 15) is 9.18 Å². The number of carbonyl (C=O) groups excluding carboxylic acids is 1. The number of halogens is 4. The first-order chi connectivity index (χ1) is 12.8. The van der Waals surface area contributed by atoms with Crippen LogP contribution in [0.5, 0.6) is 0 Å². The topological polar surface area (TPSA) is 42.0 Å². The van der Waals surface area contributed by atoms with E-state index in [1.807, 2.05) is 6.92 Å². The first-order valence-corrected chi connectivity index (χ1v) is 9.53. The van der Waals surface area contributed by atoms with Crippen molar-refractivity contribution in [3.8, 4) is 0 Å². The van der Waals surface area contributed by atoms with Crippen molar-refractivity contribution in [3.05, 3.63) is 97.4 Å². The molecule has 138 valence electrons. The molecule has 0 radical (unpaired) electrons. The Bertz CT molecular complexity index is 1010. The maximum atomic E-state index is 14.0. The van der Waals surface area contributed by atoms with E-state index in [2.05, 4.69) is 26.2 Å². The molecule has 0 saturated heterocycles. The van der Waals surface area contributed by atoms with Gasteiger partial charge in [0.1, 0.15) is 5.82 Å². The number of hydrogen-bond acceptors (Lipinski definition) is 2. The Morgan fingerprint density at radius 3 is 2.52 bits per heavy atom. The summed E-state index contributed by atoms with van der Waals surface area (Å²) in [5, 5.41) is 3.50. The van der Waals surface area contributed by atoms with E-state index < -0.39 is 11.9 Å². The minimum absolute atomic E-state index is 0.0133. The van der Waals surface area contributed by atoms with Gasteiger partial charge in [-0.05, 0) is 60.5 Å². The van der Waals surface area contributed by atoms with Gasteiger partial charge in [-0.15, -0.1) is 0 Å². The third-order valence-electron chi connectivity index (χ3n) is 4.01. The molecule has 27 heavy (non-hydrogen) atoms. The highest BCUT2D eigenvalue weighted by Gasteiger charge is 2.21. The van der Waals surface area contributed by atoms with Gasteiger partial charge in [0, 0.05) is 21.3 Å². The molecule has 0 aliphatic carbocycles. The van der Waals surface area contributed by atoms with Crippen LogP contribution in [-0.4, -0.2) is 10.9 Å². The van der Waals surface area contributed by atoms with Crippen molar-refractivity contribution < 1.29 is 9.18 Å².